The summed E-state index contributed by atoms with van der Waals surface area (Å²) < 4.78 is 20.8. The average molecular weight is 540 g/mol. The van der Waals surface area contributed by atoms with E-state index in [0.717, 1.165) is 108 Å². The van der Waals surface area contributed by atoms with Gasteiger partial charge in [-0.2, -0.15) is 9.78 Å². The first-order chi connectivity index (χ1) is 19.1. The Kier molecular flexibility index (Phi) is 9.44. The predicted octanol–water partition coefficient (Wildman–Crippen LogP) is 3.84. The number of carbonyl (C=O) groups is 1. The molecule has 3 aliphatic rings. The van der Waals surface area contributed by atoms with Gasteiger partial charge in [0.25, 0.3) is 0 Å². The number of fused-ring (bicyclic) bond motifs is 1. The number of piperazine rings is 1. The molecule has 0 atom stereocenters. The standard InChI is InChI=1S/C29H42FN7O2/c1-2-3-5-29(38)36-19-17-34(18-20-36)14-4-21-39-25-8-6-23(7-9-25)24-12-15-35(16-13-24)27-11-10-26-31-32-28(22-30)37(26)33-27/h6-9,24H,2-5,10-22H2,1H3. The highest BCUT2D eigenvalue weighted by Crippen LogP contribution is 2.30. The molecule has 2 saturated heterocycles. The van der Waals surface area contributed by atoms with Crippen molar-refractivity contribution in [1.29, 1.82) is 0 Å². The fourth-order valence-corrected chi connectivity index (χ4v) is 5.81. The summed E-state index contributed by atoms with van der Waals surface area (Å²) in [5, 5.41) is 12.6. The number of amidine groups is 1. The Bertz CT molecular complexity index is 1100. The fraction of sp³-hybridized carbons (Fsp3) is 0.655. The SMILES string of the molecule is CCCCC(=O)N1CCN(CCCOc2ccc(C3CCN(C4=Nn5c(CF)nnc5CC4)CC3)cc2)CC1. The van der Waals surface area contributed by atoms with E-state index >= 15 is 0 Å². The molecular weight excluding hydrogens is 497 g/mol. The molecule has 1 aromatic heterocycles. The van der Waals surface area contributed by atoms with Crippen LogP contribution in [0.25, 0.3) is 0 Å². The van der Waals surface area contributed by atoms with Gasteiger partial charge in [-0.05, 0) is 49.3 Å². The fourth-order valence-electron chi connectivity index (χ4n) is 5.81. The molecule has 39 heavy (non-hydrogen) atoms. The lowest BCUT2D eigenvalue weighted by Gasteiger charge is -2.35. The van der Waals surface area contributed by atoms with Crippen LogP contribution in [0.15, 0.2) is 29.4 Å². The number of unbranched alkanes of at least 4 members (excludes halogenated alkanes) is 1. The molecule has 2 aromatic rings. The van der Waals surface area contributed by atoms with E-state index in [1.807, 2.05) is 4.90 Å². The van der Waals surface area contributed by atoms with Gasteiger partial charge in [-0.3, -0.25) is 9.69 Å². The maximum atomic E-state index is 13.2. The van der Waals surface area contributed by atoms with Gasteiger partial charge in [-0.25, -0.2) is 4.39 Å². The van der Waals surface area contributed by atoms with Crippen LogP contribution in [0.5, 0.6) is 5.75 Å². The lowest BCUT2D eigenvalue weighted by Crippen LogP contribution is -2.48. The minimum absolute atomic E-state index is 0.285. The molecule has 5 rings (SSSR count). The first-order valence-corrected chi connectivity index (χ1v) is 14.7. The largest absolute Gasteiger partial charge is 0.494 e. The van der Waals surface area contributed by atoms with E-state index < -0.39 is 6.67 Å². The number of carbonyl (C=O) groups excluding carboxylic acids is 1. The number of alkyl halides is 1. The van der Waals surface area contributed by atoms with Crippen LogP contribution in [0.3, 0.4) is 0 Å². The van der Waals surface area contributed by atoms with E-state index in [0.29, 0.717) is 24.9 Å². The number of hydrogen-bond donors (Lipinski definition) is 0. The van der Waals surface area contributed by atoms with Crippen LogP contribution in [0.1, 0.15) is 75.0 Å². The summed E-state index contributed by atoms with van der Waals surface area (Å²) in [6.45, 7) is 8.70. The molecule has 3 aliphatic heterocycles. The molecule has 4 heterocycles. The van der Waals surface area contributed by atoms with Crippen molar-refractivity contribution in [3.8, 4) is 5.75 Å². The van der Waals surface area contributed by atoms with Crippen LogP contribution in [-0.2, 0) is 17.9 Å². The van der Waals surface area contributed by atoms with E-state index in [2.05, 4.69) is 56.3 Å². The van der Waals surface area contributed by atoms with Crippen LogP contribution in [-0.4, -0.2) is 93.7 Å². The Morgan fingerprint density at radius 2 is 1.77 bits per heavy atom. The predicted molar refractivity (Wildman–Crippen MR) is 149 cm³/mol. The molecule has 212 valence electrons. The van der Waals surface area contributed by atoms with Crippen molar-refractivity contribution in [2.75, 3.05) is 52.4 Å². The van der Waals surface area contributed by atoms with Crippen molar-refractivity contribution in [2.24, 2.45) is 5.10 Å². The molecule has 0 spiro atoms. The van der Waals surface area contributed by atoms with Crippen molar-refractivity contribution >= 4 is 11.7 Å². The highest BCUT2D eigenvalue weighted by atomic mass is 19.1. The number of piperidine rings is 1. The number of amides is 1. The van der Waals surface area contributed by atoms with Crippen LogP contribution in [0.4, 0.5) is 4.39 Å². The van der Waals surface area contributed by atoms with Gasteiger partial charge in [0.15, 0.2) is 18.3 Å². The second-order valence-corrected chi connectivity index (χ2v) is 10.9. The van der Waals surface area contributed by atoms with Crippen molar-refractivity contribution < 1.29 is 13.9 Å². The van der Waals surface area contributed by atoms with Gasteiger partial charge in [-0.15, -0.1) is 10.2 Å². The van der Waals surface area contributed by atoms with Gasteiger partial charge in [0.1, 0.15) is 11.6 Å². The smallest absolute Gasteiger partial charge is 0.222 e. The first-order valence-electron chi connectivity index (χ1n) is 14.7. The van der Waals surface area contributed by atoms with Crippen molar-refractivity contribution in [1.82, 2.24) is 29.6 Å². The van der Waals surface area contributed by atoms with E-state index in [1.54, 1.807) is 4.68 Å². The highest BCUT2D eigenvalue weighted by Gasteiger charge is 2.26. The van der Waals surface area contributed by atoms with Crippen molar-refractivity contribution in [3.05, 3.63) is 41.5 Å². The summed E-state index contributed by atoms with van der Waals surface area (Å²) >= 11 is 0. The van der Waals surface area contributed by atoms with Crippen molar-refractivity contribution in [3.63, 3.8) is 0 Å². The quantitative estimate of drug-likeness (QED) is 0.427. The summed E-state index contributed by atoms with van der Waals surface area (Å²) in [5.41, 5.74) is 1.36. The molecule has 9 nitrogen and oxygen atoms in total. The van der Waals surface area contributed by atoms with Gasteiger partial charge in [0.2, 0.25) is 5.91 Å². The molecule has 0 bridgehead atoms. The molecule has 0 N–H and O–H groups in total. The molecule has 0 radical (unpaired) electrons. The van der Waals surface area contributed by atoms with E-state index in [1.165, 1.54) is 5.56 Å². The minimum atomic E-state index is -0.648. The van der Waals surface area contributed by atoms with Gasteiger partial charge in [0.05, 0.1) is 6.61 Å². The Morgan fingerprint density at radius 3 is 2.49 bits per heavy atom. The maximum Gasteiger partial charge on any atom is 0.222 e. The highest BCUT2D eigenvalue weighted by molar-refractivity contribution is 5.83. The maximum absolute atomic E-state index is 13.2. The Balaban J connectivity index is 1.00. The zero-order valence-electron chi connectivity index (χ0n) is 23.2. The second-order valence-electron chi connectivity index (χ2n) is 10.9. The third kappa shape index (κ3) is 6.96. The summed E-state index contributed by atoms with van der Waals surface area (Å²) in [4.78, 5) is 19.0. The molecule has 2 fully saturated rings. The van der Waals surface area contributed by atoms with Crippen molar-refractivity contribution in [2.45, 2.75) is 70.9 Å². The first kappa shape index (κ1) is 27.6. The monoisotopic (exact) mass is 539 g/mol. The van der Waals surface area contributed by atoms with Gasteiger partial charge in [-0.1, -0.05) is 25.5 Å². The average Bonchev–Trinajstić information content (AvgIpc) is 3.41. The number of aromatic nitrogens is 3. The molecule has 0 saturated carbocycles. The molecule has 0 aliphatic carbocycles. The molecule has 0 unspecified atom stereocenters. The molecule has 1 aromatic carbocycles. The normalized spacial score (nSPS) is 18.7. The van der Waals surface area contributed by atoms with Crippen LogP contribution >= 0.6 is 0 Å². The molecule has 10 heteroatoms. The topological polar surface area (TPSA) is 79.1 Å². The number of aryl methyl sites for hydroxylation is 1. The number of rotatable bonds is 10. The summed E-state index contributed by atoms with van der Waals surface area (Å²) in [6, 6.07) is 8.61. The van der Waals surface area contributed by atoms with E-state index in [-0.39, 0.29) is 5.82 Å². The lowest BCUT2D eigenvalue weighted by atomic mass is 9.89. The summed E-state index contributed by atoms with van der Waals surface area (Å²) in [7, 11) is 0. The van der Waals surface area contributed by atoms with Gasteiger partial charge < -0.3 is 14.5 Å². The Morgan fingerprint density at radius 1 is 1.00 bits per heavy atom. The Hall–Kier alpha value is -3.01. The third-order valence-electron chi connectivity index (χ3n) is 8.25. The Labute approximate surface area is 231 Å². The molecule has 1 amide bonds. The van der Waals surface area contributed by atoms with Crippen LogP contribution in [0, 0.1) is 0 Å². The number of ether oxygens (including phenoxy) is 1. The zero-order valence-corrected chi connectivity index (χ0v) is 23.2. The number of benzene rings is 1. The zero-order chi connectivity index (χ0) is 27.0. The third-order valence-corrected chi connectivity index (χ3v) is 8.25. The minimum Gasteiger partial charge on any atom is -0.494 e. The van der Waals surface area contributed by atoms with E-state index in [4.69, 9.17) is 4.74 Å². The second kappa shape index (κ2) is 13.4. The number of hydrogen-bond acceptors (Lipinski definition) is 7. The van der Waals surface area contributed by atoms with Crippen LogP contribution in [0.2, 0.25) is 0 Å². The number of likely N-dealkylation sites (tertiary alicyclic amines) is 1. The number of halogens is 1. The number of nitrogens with zero attached hydrogens (tertiary/aromatic N) is 7. The lowest BCUT2D eigenvalue weighted by molar-refractivity contribution is -0.133. The summed E-state index contributed by atoms with van der Waals surface area (Å²) in [5.74, 6) is 3.81. The van der Waals surface area contributed by atoms with Crippen LogP contribution < -0.4 is 4.74 Å². The van der Waals surface area contributed by atoms with Gasteiger partial charge >= 0.3 is 0 Å². The summed E-state index contributed by atoms with van der Waals surface area (Å²) in [6.07, 6.45) is 7.46. The molecular formula is C29H42FN7O2. The van der Waals surface area contributed by atoms with E-state index in [9.17, 15) is 9.18 Å². The van der Waals surface area contributed by atoms with Gasteiger partial charge in [0, 0.05) is 65.1 Å².